The average Bonchev–Trinajstić information content (AvgIpc) is 3.25. The van der Waals surface area contributed by atoms with Gasteiger partial charge in [0.15, 0.2) is 11.6 Å². The number of carbonyl (C=O) groups is 2. The predicted octanol–water partition coefficient (Wildman–Crippen LogP) is 1.64. The summed E-state index contributed by atoms with van der Waals surface area (Å²) in [6.45, 7) is 4.66. The Hall–Kier alpha value is -2.74. The molecule has 2 saturated heterocycles. The summed E-state index contributed by atoms with van der Waals surface area (Å²) in [7, 11) is 0. The molecule has 1 N–H and O–H groups in total. The van der Waals surface area contributed by atoms with E-state index in [-0.39, 0.29) is 11.9 Å². The second kappa shape index (κ2) is 6.53. The van der Waals surface area contributed by atoms with Crippen molar-refractivity contribution in [1.82, 2.24) is 25.1 Å². The Kier molecular flexibility index (Phi) is 4.20. The monoisotopic (exact) mass is 355 g/mol. The molecule has 2 aliphatic rings. The Morgan fingerprint density at radius 3 is 2.58 bits per heavy atom. The molecule has 26 heavy (non-hydrogen) atoms. The lowest BCUT2D eigenvalue weighted by Gasteiger charge is -2.41. The van der Waals surface area contributed by atoms with E-state index in [0.29, 0.717) is 31.0 Å². The number of amides is 3. The van der Waals surface area contributed by atoms with Crippen LogP contribution in [0.1, 0.15) is 25.3 Å². The number of furan rings is 1. The number of imide groups is 1. The van der Waals surface area contributed by atoms with E-state index in [1.54, 1.807) is 29.6 Å². The van der Waals surface area contributed by atoms with Crippen LogP contribution in [-0.2, 0) is 11.3 Å². The van der Waals surface area contributed by atoms with Crippen LogP contribution >= 0.6 is 0 Å². The van der Waals surface area contributed by atoms with Gasteiger partial charge in [-0.2, -0.15) is 0 Å². The standard InChI is InChI=1S/C18H21N5O3/c1-2-23-17(25)21-16(24)18(23)5-7-22(8-6-18)12-13-10-19-15(20-11-13)14-4-3-9-26-14/h3-4,9-11H,2,5-8,12H2,1H3,(H,21,24,25). The minimum atomic E-state index is -0.679. The molecule has 3 amide bonds. The van der Waals surface area contributed by atoms with E-state index in [0.717, 1.165) is 25.2 Å². The molecule has 2 aliphatic heterocycles. The molecular weight excluding hydrogens is 334 g/mol. The average molecular weight is 355 g/mol. The first-order chi connectivity index (χ1) is 12.6. The third-order valence-electron chi connectivity index (χ3n) is 5.26. The second-order valence-corrected chi connectivity index (χ2v) is 6.70. The van der Waals surface area contributed by atoms with E-state index in [9.17, 15) is 9.59 Å². The Labute approximate surface area is 151 Å². The molecule has 2 fully saturated rings. The summed E-state index contributed by atoms with van der Waals surface area (Å²) in [6.07, 6.45) is 6.49. The summed E-state index contributed by atoms with van der Waals surface area (Å²) < 4.78 is 5.30. The van der Waals surface area contributed by atoms with Gasteiger partial charge < -0.3 is 9.32 Å². The van der Waals surface area contributed by atoms with Crippen LogP contribution in [0.2, 0.25) is 0 Å². The van der Waals surface area contributed by atoms with Gasteiger partial charge in [0.05, 0.1) is 6.26 Å². The lowest BCUT2D eigenvalue weighted by Crippen LogP contribution is -2.56. The van der Waals surface area contributed by atoms with Gasteiger partial charge in [-0.15, -0.1) is 0 Å². The first-order valence-corrected chi connectivity index (χ1v) is 8.82. The number of hydrogen-bond acceptors (Lipinski definition) is 6. The van der Waals surface area contributed by atoms with Crippen LogP contribution in [0.5, 0.6) is 0 Å². The van der Waals surface area contributed by atoms with E-state index in [1.807, 2.05) is 13.0 Å². The Morgan fingerprint density at radius 2 is 1.96 bits per heavy atom. The van der Waals surface area contributed by atoms with Crippen molar-refractivity contribution in [3.05, 3.63) is 36.4 Å². The minimum Gasteiger partial charge on any atom is -0.461 e. The zero-order chi connectivity index (χ0) is 18.1. The summed E-state index contributed by atoms with van der Waals surface area (Å²) in [5, 5.41) is 2.46. The molecule has 8 heteroatoms. The van der Waals surface area contributed by atoms with Crippen LogP contribution in [0.25, 0.3) is 11.6 Å². The van der Waals surface area contributed by atoms with Crippen LogP contribution in [0.15, 0.2) is 35.2 Å². The molecule has 0 saturated carbocycles. The molecule has 0 atom stereocenters. The highest BCUT2D eigenvalue weighted by Gasteiger charge is 2.53. The van der Waals surface area contributed by atoms with E-state index in [2.05, 4.69) is 20.2 Å². The number of aromatic nitrogens is 2. The Balaban J connectivity index is 1.40. The summed E-state index contributed by atoms with van der Waals surface area (Å²) >= 11 is 0. The molecule has 2 aromatic heterocycles. The van der Waals surface area contributed by atoms with Crippen molar-refractivity contribution in [3.8, 4) is 11.6 Å². The molecule has 4 rings (SSSR count). The number of likely N-dealkylation sites (N-methyl/N-ethyl adjacent to an activating group) is 1. The summed E-state index contributed by atoms with van der Waals surface area (Å²) in [6, 6.07) is 3.36. The van der Waals surface area contributed by atoms with Crippen molar-refractivity contribution in [2.75, 3.05) is 19.6 Å². The largest absolute Gasteiger partial charge is 0.461 e. The zero-order valence-corrected chi connectivity index (χ0v) is 14.6. The van der Waals surface area contributed by atoms with Gasteiger partial charge in [-0.05, 0) is 31.9 Å². The topological polar surface area (TPSA) is 91.6 Å². The molecule has 8 nitrogen and oxygen atoms in total. The normalized spacial score (nSPS) is 20.0. The molecular formula is C18H21N5O3. The highest BCUT2D eigenvalue weighted by Crippen LogP contribution is 2.33. The van der Waals surface area contributed by atoms with E-state index in [4.69, 9.17) is 4.42 Å². The maximum atomic E-state index is 12.3. The fraction of sp³-hybridized carbons (Fsp3) is 0.444. The van der Waals surface area contributed by atoms with Gasteiger partial charge in [-0.25, -0.2) is 14.8 Å². The SMILES string of the molecule is CCN1C(=O)NC(=O)C12CCN(Cc1cnc(-c3ccco3)nc1)CC2. The second-order valence-electron chi connectivity index (χ2n) is 6.70. The van der Waals surface area contributed by atoms with E-state index >= 15 is 0 Å². The fourth-order valence-electron chi connectivity index (χ4n) is 3.85. The third-order valence-corrected chi connectivity index (χ3v) is 5.26. The van der Waals surface area contributed by atoms with E-state index in [1.165, 1.54) is 0 Å². The van der Waals surface area contributed by atoms with Crippen LogP contribution in [-0.4, -0.2) is 56.9 Å². The molecule has 4 heterocycles. The van der Waals surface area contributed by atoms with Crippen LogP contribution in [0, 0.1) is 0 Å². The fourth-order valence-corrected chi connectivity index (χ4v) is 3.85. The Morgan fingerprint density at radius 1 is 1.23 bits per heavy atom. The number of nitrogens with zero attached hydrogens (tertiary/aromatic N) is 4. The van der Waals surface area contributed by atoms with Gasteiger partial charge in [0.1, 0.15) is 5.54 Å². The maximum absolute atomic E-state index is 12.3. The van der Waals surface area contributed by atoms with Crippen molar-refractivity contribution in [2.45, 2.75) is 31.8 Å². The summed E-state index contributed by atoms with van der Waals surface area (Å²) in [5.41, 5.74) is 0.331. The summed E-state index contributed by atoms with van der Waals surface area (Å²) in [4.78, 5) is 36.9. The van der Waals surface area contributed by atoms with Crippen molar-refractivity contribution in [2.24, 2.45) is 0 Å². The molecule has 0 bridgehead atoms. The van der Waals surface area contributed by atoms with Crippen LogP contribution in [0.3, 0.4) is 0 Å². The van der Waals surface area contributed by atoms with Crippen molar-refractivity contribution in [3.63, 3.8) is 0 Å². The van der Waals surface area contributed by atoms with Gasteiger partial charge in [0.2, 0.25) is 0 Å². The molecule has 0 unspecified atom stereocenters. The first-order valence-electron chi connectivity index (χ1n) is 8.82. The number of rotatable bonds is 4. The van der Waals surface area contributed by atoms with Crippen molar-refractivity contribution < 1.29 is 14.0 Å². The minimum absolute atomic E-state index is 0.157. The van der Waals surface area contributed by atoms with Gasteiger partial charge in [-0.3, -0.25) is 15.0 Å². The smallest absolute Gasteiger partial charge is 0.325 e. The maximum Gasteiger partial charge on any atom is 0.325 e. The van der Waals surface area contributed by atoms with E-state index < -0.39 is 5.54 Å². The number of likely N-dealkylation sites (tertiary alicyclic amines) is 1. The van der Waals surface area contributed by atoms with Crippen molar-refractivity contribution >= 4 is 11.9 Å². The number of nitrogens with one attached hydrogen (secondary N) is 1. The number of urea groups is 1. The van der Waals surface area contributed by atoms with Crippen LogP contribution < -0.4 is 5.32 Å². The predicted molar refractivity (Wildman–Crippen MR) is 92.9 cm³/mol. The van der Waals surface area contributed by atoms with Gasteiger partial charge in [0, 0.05) is 44.1 Å². The molecule has 1 spiro atoms. The van der Waals surface area contributed by atoms with Gasteiger partial charge in [-0.1, -0.05) is 0 Å². The third kappa shape index (κ3) is 2.76. The number of piperidine rings is 1. The number of carbonyl (C=O) groups excluding carboxylic acids is 2. The lowest BCUT2D eigenvalue weighted by atomic mass is 9.86. The molecule has 0 radical (unpaired) electrons. The Bertz CT molecular complexity index is 795. The van der Waals surface area contributed by atoms with Gasteiger partial charge >= 0.3 is 6.03 Å². The summed E-state index contributed by atoms with van der Waals surface area (Å²) in [5.74, 6) is 1.05. The molecule has 136 valence electrons. The van der Waals surface area contributed by atoms with Crippen LogP contribution in [0.4, 0.5) is 4.79 Å². The quantitative estimate of drug-likeness (QED) is 0.839. The zero-order valence-electron chi connectivity index (χ0n) is 14.6. The molecule has 2 aromatic rings. The molecule has 0 aliphatic carbocycles. The van der Waals surface area contributed by atoms with Crippen molar-refractivity contribution in [1.29, 1.82) is 0 Å². The first kappa shape index (κ1) is 16.7. The van der Waals surface area contributed by atoms with Gasteiger partial charge in [0.25, 0.3) is 5.91 Å². The highest BCUT2D eigenvalue weighted by atomic mass is 16.3. The molecule has 0 aromatic carbocycles. The lowest BCUT2D eigenvalue weighted by molar-refractivity contribution is -0.129. The number of hydrogen-bond donors (Lipinski definition) is 1. The highest BCUT2D eigenvalue weighted by molar-refractivity contribution is 6.07.